The van der Waals surface area contributed by atoms with E-state index in [1.165, 1.54) is 0 Å². The van der Waals surface area contributed by atoms with Gasteiger partial charge in [0.25, 0.3) is 6.33 Å². The van der Waals surface area contributed by atoms with Crippen molar-refractivity contribution in [2.45, 2.75) is 34.1 Å². The van der Waals surface area contributed by atoms with Crippen LogP contribution in [0.2, 0.25) is 0 Å². The number of pyridine rings is 2. The molecule has 0 amide bonds. The van der Waals surface area contributed by atoms with E-state index in [2.05, 4.69) is 23.4 Å². The first kappa shape index (κ1) is 27.2. The SMILES string of the molecule is [2H]c1c([2H])c([2H])c(-c2cccc(-c3c([2H])c([2H])c([2H])c([2H])c3[2H])c2-[n+]2[c-]n(-c3[c-]c(Oc4[c-]c5c(cc4)c4ccccc4n5-c4cc(C([2H])([2H])C(C)(C)C)ccn4)nc(C)c3)c3ccccc32)c([2H])c1[2H].[Pt]. The van der Waals surface area contributed by atoms with Gasteiger partial charge >= 0.3 is 0 Å². The van der Waals surface area contributed by atoms with E-state index in [0.29, 0.717) is 45.1 Å². The van der Waals surface area contributed by atoms with E-state index in [9.17, 15) is 0 Å². The Bertz CT molecular complexity index is 3720. The predicted octanol–water partition coefficient (Wildman–Crippen LogP) is 12.2. The van der Waals surface area contributed by atoms with Gasteiger partial charge in [-0.3, -0.25) is 9.55 Å². The van der Waals surface area contributed by atoms with E-state index in [-0.39, 0.29) is 54.9 Å². The molecule has 296 valence electrons. The van der Waals surface area contributed by atoms with Crippen molar-refractivity contribution >= 4 is 32.8 Å². The maximum Gasteiger partial charge on any atom is 0.267 e. The van der Waals surface area contributed by atoms with Crippen molar-refractivity contribution in [2.24, 2.45) is 5.41 Å². The molecule has 0 bridgehead atoms. The second-order valence-corrected chi connectivity index (χ2v) is 15.0. The van der Waals surface area contributed by atoms with Crippen molar-refractivity contribution in [1.82, 2.24) is 19.1 Å². The Hall–Kier alpha value is -6.62. The molecule has 0 aliphatic heterocycles. The van der Waals surface area contributed by atoms with Crippen molar-refractivity contribution in [3.05, 3.63) is 193 Å². The van der Waals surface area contributed by atoms with E-state index < -0.39 is 72.2 Å². The molecule has 4 heterocycles. The van der Waals surface area contributed by atoms with Gasteiger partial charge in [0.1, 0.15) is 11.7 Å². The second kappa shape index (κ2) is 15.9. The van der Waals surface area contributed by atoms with Gasteiger partial charge in [0, 0.05) is 41.3 Å². The number of ether oxygens (including phenoxy) is 1. The number of hydrogen-bond donors (Lipinski definition) is 0. The largest absolute Gasteiger partial charge is 0.484 e. The first-order chi connectivity index (χ1) is 33.7. The van der Waals surface area contributed by atoms with Crippen LogP contribution in [0.1, 0.15) is 48.5 Å². The van der Waals surface area contributed by atoms with Crippen molar-refractivity contribution in [1.29, 1.82) is 0 Å². The first-order valence-corrected chi connectivity index (χ1v) is 18.9. The fourth-order valence-corrected chi connectivity index (χ4v) is 7.42. The van der Waals surface area contributed by atoms with Crippen molar-refractivity contribution in [2.75, 3.05) is 0 Å². The summed E-state index contributed by atoms with van der Waals surface area (Å²) in [6.45, 7) is 7.37. The predicted molar refractivity (Wildman–Crippen MR) is 237 cm³/mol. The average Bonchev–Trinajstić information content (AvgIpc) is 3.89. The Morgan fingerprint density at radius 2 is 1.43 bits per heavy atom. The molecule has 0 saturated carbocycles. The topological polar surface area (TPSA) is 48.8 Å². The molecular formula is C53H41N5OPt-2. The average molecular weight is 971 g/mol. The summed E-state index contributed by atoms with van der Waals surface area (Å²) in [4.78, 5) is 9.38. The van der Waals surface area contributed by atoms with E-state index >= 15 is 0 Å². The third-order valence-electron chi connectivity index (χ3n) is 9.72. The molecule has 7 heteroatoms. The Morgan fingerprint density at radius 3 is 2.15 bits per heavy atom. The van der Waals surface area contributed by atoms with Crippen LogP contribution in [0.4, 0.5) is 0 Å². The van der Waals surface area contributed by atoms with Crippen LogP contribution in [0.3, 0.4) is 0 Å². The summed E-state index contributed by atoms with van der Waals surface area (Å²) in [5, 5.41) is 1.80. The number of benzene rings is 6. The second-order valence-electron chi connectivity index (χ2n) is 15.0. The monoisotopic (exact) mass is 970 g/mol. The molecule has 0 spiro atoms. The van der Waals surface area contributed by atoms with Crippen LogP contribution < -0.4 is 9.30 Å². The smallest absolute Gasteiger partial charge is 0.267 e. The molecule has 0 radical (unpaired) electrons. The first-order valence-electron chi connectivity index (χ1n) is 24.9. The van der Waals surface area contributed by atoms with Gasteiger partial charge in [-0.1, -0.05) is 153 Å². The summed E-state index contributed by atoms with van der Waals surface area (Å²) < 4.78 is 117. The van der Waals surface area contributed by atoms with E-state index in [4.69, 9.17) is 26.2 Å². The maximum atomic E-state index is 9.01. The van der Waals surface area contributed by atoms with Gasteiger partial charge in [-0.2, -0.15) is 18.2 Å². The molecule has 4 aromatic heterocycles. The maximum absolute atomic E-state index is 9.01. The number of aryl methyl sites for hydroxylation is 1. The minimum Gasteiger partial charge on any atom is -0.484 e. The minimum atomic E-state index is -1.67. The van der Waals surface area contributed by atoms with Crippen LogP contribution in [0.15, 0.2) is 164 Å². The zero-order valence-corrected chi connectivity index (χ0v) is 35.0. The Labute approximate surface area is 381 Å². The van der Waals surface area contributed by atoms with Crippen LogP contribution in [0, 0.1) is 30.8 Å². The third-order valence-corrected chi connectivity index (χ3v) is 9.72. The number of fused-ring (bicyclic) bond motifs is 4. The number of nitrogens with zero attached hydrogens (tertiary/aromatic N) is 5. The molecular weight excluding hydrogens is 918 g/mol. The van der Waals surface area contributed by atoms with Gasteiger partial charge in [0.15, 0.2) is 0 Å². The Kier molecular flexibility index (Phi) is 7.19. The number of imidazole rings is 1. The van der Waals surface area contributed by atoms with E-state index in [1.54, 1.807) is 76.9 Å². The molecule has 0 saturated heterocycles. The molecule has 0 aliphatic carbocycles. The van der Waals surface area contributed by atoms with E-state index in [1.807, 2.05) is 67.8 Å². The van der Waals surface area contributed by atoms with Crippen molar-refractivity contribution in [3.8, 4) is 51.1 Å². The van der Waals surface area contributed by atoms with Gasteiger partial charge in [0.05, 0.1) is 30.4 Å². The normalized spacial score (nSPS) is 14.7. The number of hydrogen-bond acceptors (Lipinski definition) is 3. The molecule has 6 nitrogen and oxygen atoms in total. The van der Waals surface area contributed by atoms with Gasteiger partial charge in [0.2, 0.25) is 0 Å². The van der Waals surface area contributed by atoms with Crippen LogP contribution in [-0.4, -0.2) is 19.1 Å². The van der Waals surface area contributed by atoms with Crippen molar-refractivity contribution in [3.63, 3.8) is 0 Å². The summed E-state index contributed by atoms with van der Waals surface area (Å²) in [6, 6.07) is 29.9. The van der Waals surface area contributed by atoms with Crippen LogP contribution >= 0.6 is 0 Å². The third kappa shape index (κ3) is 7.33. The van der Waals surface area contributed by atoms with Crippen molar-refractivity contribution < 1.29 is 46.8 Å². The molecule has 10 aromatic rings. The molecule has 60 heavy (non-hydrogen) atoms. The molecule has 0 aliphatic rings. The standard InChI is InChI=1S/C53H41N5O.Pt/c1-36-30-40(56-35-57(48-25-14-13-24-47(48)56)52-42(38-16-7-5-8-17-38)21-15-22-43(52)39-18-9-6-10-19-39)32-51(55-36)59-41-26-27-45-44-20-11-12-23-46(44)58(49(45)33-41)50-31-37(28-29-54-50)34-53(2,3)4;/h5-31H,34H2,1-4H3;/q-2;/i5D,6D,7D,8D,9D,10D,16D,17D,18D,19D,34D2;. The fourth-order valence-electron chi connectivity index (χ4n) is 7.42. The van der Waals surface area contributed by atoms with Crippen LogP contribution in [-0.2, 0) is 27.4 Å². The van der Waals surface area contributed by atoms with E-state index in [0.717, 1.165) is 16.3 Å². The molecule has 6 aromatic carbocycles. The summed E-state index contributed by atoms with van der Waals surface area (Å²) in [7, 11) is 0. The number of rotatable bonds is 8. The fraction of sp³-hybridized carbons (Fsp3) is 0.113. The molecule has 10 rings (SSSR count). The quantitative estimate of drug-likeness (QED) is 0.113. The molecule has 0 N–H and O–H groups in total. The van der Waals surface area contributed by atoms with Crippen LogP contribution in [0.5, 0.6) is 11.6 Å². The Morgan fingerprint density at radius 1 is 0.750 bits per heavy atom. The van der Waals surface area contributed by atoms with Gasteiger partial charge in [-0.05, 0) is 75.8 Å². The zero-order valence-electron chi connectivity index (χ0n) is 44.8. The zero-order chi connectivity index (χ0) is 50.6. The summed E-state index contributed by atoms with van der Waals surface area (Å²) in [5.41, 5.74) is 3.30. The summed E-state index contributed by atoms with van der Waals surface area (Å²) in [5.74, 6) is 0.882. The number of para-hydroxylation sites is 4. The van der Waals surface area contributed by atoms with Gasteiger partial charge in [-0.25, -0.2) is 4.98 Å². The van der Waals surface area contributed by atoms with Gasteiger partial charge < -0.3 is 13.9 Å². The molecule has 0 fully saturated rings. The summed E-state index contributed by atoms with van der Waals surface area (Å²) >= 11 is 0. The van der Waals surface area contributed by atoms with Gasteiger partial charge in [-0.15, -0.1) is 17.5 Å². The summed E-state index contributed by atoms with van der Waals surface area (Å²) in [6.07, 6.45) is 3.31. The minimum absolute atomic E-state index is 0. The number of aromatic nitrogens is 5. The molecule has 0 unspecified atom stereocenters. The Balaban J connectivity index is 0.00000640. The molecule has 0 atom stereocenters. The van der Waals surface area contributed by atoms with Crippen LogP contribution in [0.25, 0.3) is 72.3 Å².